The second kappa shape index (κ2) is 9.70. The molecule has 0 atom stereocenters. The average molecular weight is 618 g/mol. The van der Waals surface area contributed by atoms with Crippen molar-refractivity contribution in [3.8, 4) is 11.1 Å². The van der Waals surface area contributed by atoms with E-state index in [9.17, 15) is 4.79 Å². The van der Waals surface area contributed by atoms with Crippen molar-refractivity contribution in [3.63, 3.8) is 0 Å². The van der Waals surface area contributed by atoms with E-state index < -0.39 is 10.7 Å². The number of carbonyl (C=O) groups excluding carboxylic acids is 1. The number of nitrogens with zero attached hydrogens (tertiary/aromatic N) is 1. The van der Waals surface area contributed by atoms with Crippen molar-refractivity contribution in [1.82, 2.24) is 9.97 Å². The number of fused-ring (bicyclic) bond motifs is 2. The normalized spacial score (nSPS) is 11.4. The molecule has 0 spiro atoms. The summed E-state index contributed by atoms with van der Waals surface area (Å²) in [6.07, 6.45) is 2.51. The van der Waals surface area contributed by atoms with Crippen molar-refractivity contribution in [2.24, 2.45) is 0 Å². The minimum absolute atomic E-state index is 0.472. The van der Waals surface area contributed by atoms with Crippen LogP contribution in [0.15, 0.2) is 81.9 Å². The molecule has 5 aromatic rings. The zero-order chi connectivity index (χ0) is 23.8. The second-order valence-electron chi connectivity index (χ2n) is 7.84. The van der Waals surface area contributed by atoms with Gasteiger partial charge in [0.25, 0.3) is 5.91 Å². The number of amides is 1. The monoisotopic (exact) mass is 615 g/mol. The molecule has 2 aromatic heterocycles. The van der Waals surface area contributed by atoms with Gasteiger partial charge in [-0.1, -0.05) is 73.3 Å². The summed E-state index contributed by atoms with van der Waals surface area (Å²) < 4.78 is 1.89. The van der Waals surface area contributed by atoms with Crippen LogP contribution < -0.4 is 5.32 Å². The molecule has 0 unspecified atom stereocenters. The number of carbonyl (C=O) groups is 1. The van der Waals surface area contributed by atoms with Crippen molar-refractivity contribution in [2.45, 2.75) is 11.3 Å². The van der Waals surface area contributed by atoms with Crippen LogP contribution >= 0.6 is 55.1 Å². The Kier molecular flexibility index (Phi) is 6.67. The number of nitrogens with one attached hydrogen (secondary N) is 2. The van der Waals surface area contributed by atoms with E-state index in [4.69, 9.17) is 28.2 Å². The molecular formula is C26H17Br2Cl2N3O. The number of benzene rings is 3. The van der Waals surface area contributed by atoms with Gasteiger partial charge in [-0.05, 0) is 54.1 Å². The van der Waals surface area contributed by atoms with Gasteiger partial charge in [0, 0.05) is 54.7 Å². The van der Waals surface area contributed by atoms with Crippen LogP contribution in [0.1, 0.15) is 11.3 Å². The van der Waals surface area contributed by atoms with Crippen LogP contribution in [-0.2, 0) is 11.2 Å². The SMILES string of the molecule is O=C(Nc1ccc(Br)cc1Cc1nc2ccc(Br)cc2cc1-c1c[nH]c2ccccc12)C(Cl)Cl. The number of aromatic amines is 1. The lowest BCUT2D eigenvalue weighted by Gasteiger charge is -2.15. The van der Waals surface area contributed by atoms with E-state index in [0.29, 0.717) is 12.1 Å². The Bertz CT molecular complexity index is 1550. The van der Waals surface area contributed by atoms with E-state index >= 15 is 0 Å². The molecule has 8 heteroatoms. The molecule has 0 radical (unpaired) electrons. The fourth-order valence-electron chi connectivity index (χ4n) is 4.05. The minimum Gasteiger partial charge on any atom is -0.361 e. The molecule has 0 aliphatic carbocycles. The summed E-state index contributed by atoms with van der Waals surface area (Å²) in [7, 11) is 0. The summed E-state index contributed by atoms with van der Waals surface area (Å²) in [5.41, 5.74) is 6.47. The number of anilines is 1. The highest BCUT2D eigenvalue weighted by molar-refractivity contribution is 9.10. The second-order valence-corrected chi connectivity index (χ2v) is 10.8. The van der Waals surface area contributed by atoms with E-state index in [1.807, 2.05) is 48.7 Å². The third kappa shape index (κ3) is 4.73. The molecule has 5 rings (SSSR count). The van der Waals surface area contributed by atoms with E-state index in [-0.39, 0.29) is 0 Å². The van der Waals surface area contributed by atoms with Gasteiger partial charge < -0.3 is 10.3 Å². The van der Waals surface area contributed by atoms with Crippen LogP contribution in [0.4, 0.5) is 5.69 Å². The number of hydrogen-bond donors (Lipinski definition) is 2. The minimum atomic E-state index is -1.16. The first kappa shape index (κ1) is 23.4. The summed E-state index contributed by atoms with van der Waals surface area (Å²) in [4.78, 5) is 19.5. The van der Waals surface area contributed by atoms with Crippen molar-refractivity contribution >= 4 is 88.5 Å². The molecule has 34 heavy (non-hydrogen) atoms. The summed E-state index contributed by atoms with van der Waals surface area (Å²) in [5.74, 6) is -0.472. The van der Waals surface area contributed by atoms with E-state index in [1.165, 1.54) is 0 Å². The molecule has 2 N–H and O–H groups in total. The zero-order valence-electron chi connectivity index (χ0n) is 17.6. The molecule has 0 aliphatic heterocycles. The van der Waals surface area contributed by atoms with Gasteiger partial charge in [-0.2, -0.15) is 0 Å². The van der Waals surface area contributed by atoms with Crippen LogP contribution in [0.3, 0.4) is 0 Å². The molecule has 0 bridgehead atoms. The molecule has 0 fully saturated rings. The Morgan fingerprint density at radius 3 is 2.56 bits per heavy atom. The van der Waals surface area contributed by atoms with Crippen molar-refractivity contribution in [3.05, 3.63) is 93.1 Å². The van der Waals surface area contributed by atoms with Crippen molar-refractivity contribution < 1.29 is 4.79 Å². The van der Waals surface area contributed by atoms with Crippen LogP contribution in [0.5, 0.6) is 0 Å². The Labute approximate surface area is 222 Å². The number of aromatic nitrogens is 2. The molecule has 170 valence electrons. The average Bonchev–Trinajstić information content (AvgIpc) is 3.24. The van der Waals surface area contributed by atoms with Crippen molar-refractivity contribution in [2.75, 3.05) is 5.32 Å². The van der Waals surface area contributed by atoms with E-state index in [0.717, 1.165) is 53.1 Å². The number of rotatable bonds is 5. The van der Waals surface area contributed by atoms with Gasteiger partial charge in [-0.3, -0.25) is 9.78 Å². The van der Waals surface area contributed by atoms with Crippen LogP contribution in [0, 0.1) is 0 Å². The van der Waals surface area contributed by atoms with Gasteiger partial charge in [-0.15, -0.1) is 0 Å². The van der Waals surface area contributed by atoms with Crippen LogP contribution in [0.25, 0.3) is 32.9 Å². The highest BCUT2D eigenvalue weighted by Gasteiger charge is 2.18. The van der Waals surface area contributed by atoms with Gasteiger partial charge in [0.2, 0.25) is 0 Å². The highest BCUT2D eigenvalue weighted by Crippen LogP contribution is 2.35. The number of halogens is 4. The number of alkyl halides is 2. The first-order valence-electron chi connectivity index (χ1n) is 10.4. The van der Waals surface area contributed by atoms with E-state index in [1.54, 1.807) is 0 Å². The fourth-order valence-corrected chi connectivity index (χ4v) is 4.94. The first-order chi connectivity index (χ1) is 16.4. The quantitative estimate of drug-likeness (QED) is 0.195. The maximum absolute atomic E-state index is 12.2. The Morgan fingerprint density at radius 1 is 0.971 bits per heavy atom. The smallest absolute Gasteiger partial charge is 0.257 e. The molecule has 4 nitrogen and oxygen atoms in total. The van der Waals surface area contributed by atoms with Gasteiger partial charge in [0.1, 0.15) is 0 Å². The number of H-pyrrole nitrogens is 1. The lowest BCUT2D eigenvalue weighted by molar-refractivity contribution is -0.114. The first-order valence-corrected chi connectivity index (χ1v) is 12.9. The molecular weight excluding hydrogens is 601 g/mol. The summed E-state index contributed by atoms with van der Waals surface area (Å²) in [5, 5.41) is 4.98. The lowest BCUT2D eigenvalue weighted by Crippen LogP contribution is -2.19. The number of pyridine rings is 1. The zero-order valence-corrected chi connectivity index (χ0v) is 22.3. The highest BCUT2D eigenvalue weighted by atomic mass is 79.9. The molecule has 0 saturated heterocycles. The third-order valence-corrected chi connectivity index (χ3v) is 7.00. The molecule has 0 saturated carbocycles. The van der Waals surface area contributed by atoms with Crippen LogP contribution in [0.2, 0.25) is 0 Å². The van der Waals surface area contributed by atoms with Crippen LogP contribution in [-0.4, -0.2) is 20.7 Å². The standard InChI is InChI=1S/C26H17Br2Cl2N3O/c27-16-5-7-21-14(9-16)11-19(20-13-31-23-4-2-1-3-18(20)23)24(32-21)12-15-10-17(28)6-8-22(15)33-26(34)25(29)30/h1-11,13,25,31H,12H2,(H,33,34). The predicted molar refractivity (Wildman–Crippen MR) is 148 cm³/mol. The summed E-state index contributed by atoms with van der Waals surface area (Å²) >= 11 is 18.7. The Morgan fingerprint density at radius 2 is 1.74 bits per heavy atom. The topological polar surface area (TPSA) is 57.8 Å². The summed E-state index contributed by atoms with van der Waals surface area (Å²) in [6, 6.07) is 22.1. The Hall–Kier alpha value is -2.38. The third-order valence-electron chi connectivity index (χ3n) is 5.62. The van der Waals surface area contributed by atoms with Gasteiger partial charge in [0.05, 0.1) is 11.2 Å². The van der Waals surface area contributed by atoms with Crippen molar-refractivity contribution in [1.29, 1.82) is 0 Å². The molecule has 2 heterocycles. The van der Waals surface area contributed by atoms with Gasteiger partial charge in [-0.25, -0.2) is 0 Å². The maximum atomic E-state index is 12.2. The molecule has 3 aromatic carbocycles. The largest absolute Gasteiger partial charge is 0.361 e. The molecule has 0 aliphatic rings. The lowest BCUT2D eigenvalue weighted by atomic mass is 9.96. The maximum Gasteiger partial charge on any atom is 0.257 e. The van der Waals surface area contributed by atoms with E-state index in [2.05, 4.69) is 66.4 Å². The predicted octanol–water partition coefficient (Wildman–Crippen LogP) is 8.24. The summed E-state index contributed by atoms with van der Waals surface area (Å²) in [6.45, 7) is 0. The van der Waals surface area contributed by atoms with Gasteiger partial charge >= 0.3 is 0 Å². The Balaban J connectivity index is 1.68. The number of hydrogen-bond acceptors (Lipinski definition) is 2. The van der Waals surface area contributed by atoms with Gasteiger partial charge in [0.15, 0.2) is 4.84 Å². The fraction of sp³-hybridized carbons (Fsp3) is 0.0769. The number of para-hydroxylation sites is 1. The molecule has 1 amide bonds.